The molecule has 0 spiro atoms. The van der Waals surface area contributed by atoms with Crippen LogP contribution in [0.2, 0.25) is 0 Å². The van der Waals surface area contributed by atoms with Gasteiger partial charge in [-0.3, -0.25) is 4.79 Å². The van der Waals surface area contributed by atoms with Crippen LogP contribution in [0, 0.1) is 6.92 Å². The van der Waals surface area contributed by atoms with E-state index in [1.165, 1.54) is 0 Å². The third kappa shape index (κ3) is 1.38. The fraction of sp³-hybridized carbons (Fsp3) is 0.133. The molecule has 3 heteroatoms. The number of hydrogen-bond acceptors (Lipinski definition) is 2. The average molecular weight is 239 g/mol. The quantitative estimate of drug-likeness (QED) is 0.801. The van der Waals surface area contributed by atoms with Gasteiger partial charge in [-0.25, -0.2) is 0 Å². The molecule has 90 valence electrons. The Bertz CT molecular complexity index is 636. The Balaban J connectivity index is 2.23. The zero-order chi connectivity index (χ0) is 12.8. The van der Waals surface area contributed by atoms with E-state index in [1.807, 2.05) is 37.3 Å². The first-order chi connectivity index (χ1) is 8.62. The van der Waals surface area contributed by atoms with Gasteiger partial charge in [-0.2, -0.15) is 0 Å². The average Bonchev–Trinajstić information content (AvgIpc) is 2.63. The molecule has 0 saturated heterocycles. The minimum absolute atomic E-state index is 0.394. The van der Waals surface area contributed by atoms with Crippen molar-refractivity contribution in [3.63, 3.8) is 0 Å². The van der Waals surface area contributed by atoms with Crippen LogP contribution >= 0.6 is 0 Å². The van der Waals surface area contributed by atoms with E-state index in [9.17, 15) is 9.90 Å². The van der Waals surface area contributed by atoms with E-state index in [0.717, 1.165) is 5.56 Å². The standard InChI is InChI=1S/C15H13NO2/c1-10-5-4-6-11(9-10)15(18)12-7-2-3-8-13(12)16-14(15)17/h2-9,18H,1H3,(H,16,17). The lowest BCUT2D eigenvalue weighted by Crippen LogP contribution is -2.35. The topological polar surface area (TPSA) is 49.3 Å². The van der Waals surface area contributed by atoms with Gasteiger partial charge in [0.25, 0.3) is 5.91 Å². The van der Waals surface area contributed by atoms with Gasteiger partial charge in [-0.05, 0) is 18.6 Å². The van der Waals surface area contributed by atoms with Crippen molar-refractivity contribution in [1.82, 2.24) is 0 Å². The maximum absolute atomic E-state index is 12.1. The Morgan fingerprint density at radius 3 is 2.67 bits per heavy atom. The number of nitrogens with one attached hydrogen (secondary N) is 1. The first-order valence-electron chi connectivity index (χ1n) is 5.83. The Morgan fingerprint density at radius 2 is 1.89 bits per heavy atom. The second-order valence-electron chi connectivity index (χ2n) is 4.58. The van der Waals surface area contributed by atoms with Crippen LogP contribution in [0.15, 0.2) is 48.5 Å². The molecule has 1 aliphatic heterocycles. The summed E-state index contributed by atoms with van der Waals surface area (Å²) in [5, 5.41) is 13.5. The molecule has 1 aliphatic rings. The number of fused-ring (bicyclic) bond motifs is 1. The van der Waals surface area contributed by atoms with Gasteiger partial charge in [0.15, 0.2) is 5.60 Å². The highest BCUT2D eigenvalue weighted by Gasteiger charge is 2.46. The number of carbonyl (C=O) groups excluding carboxylic acids is 1. The van der Waals surface area contributed by atoms with Crippen molar-refractivity contribution in [3.8, 4) is 0 Å². The van der Waals surface area contributed by atoms with Gasteiger partial charge in [-0.1, -0.05) is 48.0 Å². The van der Waals surface area contributed by atoms with E-state index in [4.69, 9.17) is 0 Å². The van der Waals surface area contributed by atoms with Crippen LogP contribution in [0.5, 0.6) is 0 Å². The van der Waals surface area contributed by atoms with Crippen molar-refractivity contribution < 1.29 is 9.90 Å². The summed E-state index contributed by atoms with van der Waals surface area (Å²) >= 11 is 0. The minimum Gasteiger partial charge on any atom is -0.372 e. The number of anilines is 1. The molecule has 18 heavy (non-hydrogen) atoms. The lowest BCUT2D eigenvalue weighted by atomic mass is 9.87. The van der Waals surface area contributed by atoms with Gasteiger partial charge < -0.3 is 10.4 Å². The summed E-state index contributed by atoms with van der Waals surface area (Å²) in [5.74, 6) is -0.394. The summed E-state index contributed by atoms with van der Waals surface area (Å²) in [6.45, 7) is 1.94. The van der Waals surface area contributed by atoms with Gasteiger partial charge in [-0.15, -0.1) is 0 Å². The van der Waals surface area contributed by atoms with Gasteiger partial charge in [0, 0.05) is 11.3 Å². The molecule has 2 N–H and O–H groups in total. The predicted octanol–water partition coefficient (Wildman–Crippen LogP) is 2.18. The smallest absolute Gasteiger partial charge is 0.265 e. The number of amides is 1. The summed E-state index contributed by atoms with van der Waals surface area (Å²) in [5.41, 5.74) is 1.32. The highest BCUT2D eigenvalue weighted by Crippen LogP contribution is 2.40. The molecule has 1 unspecified atom stereocenters. The van der Waals surface area contributed by atoms with Crippen molar-refractivity contribution in [1.29, 1.82) is 0 Å². The maximum atomic E-state index is 12.1. The zero-order valence-electron chi connectivity index (χ0n) is 9.97. The van der Waals surface area contributed by atoms with Crippen LogP contribution in [0.4, 0.5) is 5.69 Å². The van der Waals surface area contributed by atoms with Crippen LogP contribution in [0.3, 0.4) is 0 Å². The van der Waals surface area contributed by atoms with Gasteiger partial charge in [0.2, 0.25) is 0 Å². The lowest BCUT2D eigenvalue weighted by molar-refractivity contribution is -0.129. The summed E-state index contributed by atoms with van der Waals surface area (Å²) in [7, 11) is 0. The van der Waals surface area contributed by atoms with Gasteiger partial charge >= 0.3 is 0 Å². The molecule has 0 saturated carbocycles. The second kappa shape index (κ2) is 3.68. The third-order valence-electron chi connectivity index (χ3n) is 3.33. The monoisotopic (exact) mass is 239 g/mol. The lowest BCUT2D eigenvalue weighted by Gasteiger charge is -2.21. The Labute approximate surface area is 105 Å². The molecule has 0 bridgehead atoms. The molecule has 3 nitrogen and oxygen atoms in total. The van der Waals surface area contributed by atoms with Crippen molar-refractivity contribution >= 4 is 11.6 Å². The van der Waals surface area contributed by atoms with E-state index >= 15 is 0 Å². The molecule has 3 rings (SSSR count). The summed E-state index contributed by atoms with van der Waals surface area (Å²) < 4.78 is 0. The third-order valence-corrected chi connectivity index (χ3v) is 3.33. The van der Waals surface area contributed by atoms with E-state index in [0.29, 0.717) is 16.8 Å². The molecule has 0 radical (unpaired) electrons. The molecular weight excluding hydrogens is 226 g/mol. The van der Waals surface area contributed by atoms with Crippen molar-refractivity contribution in [2.24, 2.45) is 0 Å². The molecule has 0 fully saturated rings. The fourth-order valence-electron chi connectivity index (χ4n) is 2.40. The first kappa shape index (κ1) is 11.0. The van der Waals surface area contributed by atoms with Crippen LogP contribution in [0.25, 0.3) is 0 Å². The van der Waals surface area contributed by atoms with Crippen LogP contribution < -0.4 is 5.32 Å². The Hall–Kier alpha value is -2.13. The maximum Gasteiger partial charge on any atom is 0.265 e. The minimum atomic E-state index is -1.58. The summed E-state index contributed by atoms with van der Waals surface area (Å²) in [6, 6.07) is 14.6. The number of hydrogen-bond donors (Lipinski definition) is 2. The Morgan fingerprint density at radius 1 is 1.11 bits per heavy atom. The number of para-hydroxylation sites is 1. The molecule has 2 aromatic carbocycles. The molecular formula is C15H13NO2. The SMILES string of the molecule is Cc1cccc(C2(O)C(=O)Nc3ccccc32)c1. The number of carbonyl (C=O) groups is 1. The normalized spacial score (nSPS) is 21.6. The highest BCUT2D eigenvalue weighted by atomic mass is 16.3. The van der Waals surface area contributed by atoms with Gasteiger partial charge in [0.1, 0.15) is 0 Å². The second-order valence-corrected chi connectivity index (χ2v) is 4.58. The summed E-state index contributed by atoms with van der Waals surface area (Å²) in [4.78, 5) is 12.1. The fourth-order valence-corrected chi connectivity index (χ4v) is 2.40. The number of aryl methyl sites for hydroxylation is 1. The van der Waals surface area contributed by atoms with E-state index in [1.54, 1.807) is 18.2 Å². The molecule has 1 atom stereocenters. The zero-order valence-corrected chi connectivity index (χ0v) is 9.97. The number of benzene rings is 2. The van der Waals surface area contributed by atoms with Crippen LogP contribution in [-0.4, -0.2) is 11.0 Å². The summed E-state index contributed by atoms with van der Waals surface area (Å²) in [6.07, 6.45) is 0. The highest BCUT2D eigenvalue weighted by molar-refractivity contribution is 6.07. The van der Waals surface area contributed by atoms with Gasteiger partial charge in [0.05, 0.1) is 0 Å². The van der Waals surface area contributed by atoms with E-state index in [2.05, 4.69) is 5.32 Å². The van der Waals surface area contributed by atoms with E-state index in [-0.39, 0.29) is 0 Å². The van der Waals surface area contributed by atoms with Crippen molar-refractivity contribution in [3.05, 3.63) is 65.2 Å². The number of rotatable bonds is 1. The van der Waals surface area contributed by atoms with Crippen molar-refractivity contribution in [2.75, 3.05) is 5.32 Å². The van der Waals surface area contributed by atoms with Crippen LogP contribution in [0.1, 0.15) is 16.7 Å². The Kier molecular flexibility index (Phi) is 2.25. The number of aliphatic hydroxyl groups is 1. The van der Waals surface area contributed by atoms with Crippen LogP contribution in [-0.2, 0) is 10.4 Å². The largest absolute Gasteiger partial charge is 0.372 e. The molecule has 2 aromatic rings. The van der Waals surface area contributed by atoms with Crippen molar-refractivity contribution in [2.45, 2.75) is 12.5 Å². The van der Waals surface area contributed by atoms with E-state index < -0.39 is 11.5 Å². The molecule has 0 aliphatic carbocycles. The molecule has 0 aromatic heterocycles. The molecule has 1 heterocycles. The predicted molar refractivity (Wildman–Crippen MR) is 69.2 cm³/mol. The molecule has 1 amide bonds. The first-order valence-corrected chi connectivity index (χ1v) is 5.83.